The van der Waals surface area contributed by atoms with E-state index in [1.807, 2.05) is 0 Å². The molecule has 1 unspecified atom stereocenters. The highest BCUT2D eigenvalue weighted by molar-refractivity contribution is 7.99. The van der Waals surface area contributed by atoms with Crippen molar-refractivity contribution in [2.24, 2.45) is 0 Å². The van der Waals surface area contributed by atoms with Gasteiger partial charge >= 0.3 is 12.3 Å². The van der Waals surface area contributed by atoms with Crippen molar-refractivity contribution in [2.75, 3.05) is 18.2 Å². The number of carbonyl (C=O) groups excluding carboxylic acids is 1. The van der Waals surface area contributed by atoms with E-state index in [4.69, 9.17) is 0 Å². The Labute approximate surface area is 88.0 Å². The normalized spacial score (nSPS) is 22.1. The molecule has 1 aliphatic rings. The van der Waals surface area contributed by atoms with Crippen LogP contribution in [-0.2, 0) is 4.79 Å². The van der Waals surface area contributed by atoms with E-state index in [1.54, 1.807) is 5.32 Å². The topological polar surface area (TPSA) is 41.1 Å². The maximum atomic E-state index is 12.4. The van der Waals surface area contributed by atoms with Crippen molar-refractivity contribution in [1.29, 1.82) is 0 Å². The Bertz CT molecular complexity index is 233. The first-order valence-corrected chi connectivity index (χ1v) is 5.34. The second-order valence-electron chi connectivity index (χ2n) is 3.05. The van der Waals surface area contributed by atoms with Crippen molar-refractivity contribution in [3.8, 4) is 0 Å². The molecule has 1 fully saturated rings. The lowest BCUT2D eigenvalue weighted by molar-refractivity contribution is -0.137. The summed E-state index contributed by atoms with van der Waals surface area (Å²) in [6.07, 6.45) is -3.76. The highest BCUT2D eigenvalue weighted by Crippen LogP contribution is 2.21. The number of hydrogen-bond donors (Lipinski definition) is 2. The van der Waals surface area contributed by atoms with Crippen molar-refractivity contribution < 1.29 is 22.4 Å². The molecule has 0 radical (unpaired) electrons. The Hall–Kier alpha value is -0.500. The van der Waals surface area contributed by atoms with Crippen LogP contribution < -0.4 is 10.6 Å². The molecular formula is C7H10F4N2OS. The molecule has 0 aromatic rings. The first-order valence-electron chi connectivity index (χ1n) is 4.18. The van der Waals surface area contributed by atoms with E-state index in [1.165, 1.54) is 11.8 Å². The summed E-state index contributed by atoms with van der Waals surface area (Å²) in [6, 6.07) is -0.566. The van der Waals surface area contributed by atoms with Crippen molar-refractivity contribution in [3.63, 3.8) is 0 Å². The number of rotatable bonds is 4. The summed E-state index contributed by atoms with van der Waals surface area (Å²) in [5.41, 5.74) is 0. The highest BCUT2D eigenvalue weighted by Gasteiger charge is 2.41. The van der Waals surface area contributed by atoms with Gasteiger partial charge in [0.1, 0.15) is 0 Å². The summed E-state index contributed by atoms with van der Waals surface area (Å²) in [7, 11) is 0. The van der Waals surface area contributed by atoms with E-state index in [2.05, 4.69) is 5.32 Å². The van der Waals surface area contributed by atoms with Gasteiger partial charge in [-0.1, -0.05) is 0 Å². The fraction of sp³-hybridized carbons (Fsp3) is 0.857. The largest absolute Gasteiger partial charge is 0.348 e. The molecular weight excluding hydrogens is 236 g/mol. The van der Waals surface area contributed by atoms with Crippen LogP contribution in [0.15, 0.2) is 0 Å². The van der Waals surface area contributed by atoms with Crippen LogP contribution in [0.3, 0.4) is 0 Å². The van der Waals surface area contributed by atoms with E-state index in [0.29, 0.717) is 11.6 Å². The first kappa shape index (κ1) is 12.6. The zero-order valence-corrected chi connectivity index (χ0v) is 8.42. The van der Waals surface area contributed by atoms with Crippen LogP contribution >= 0.6 is 11.8 Å². The summed E-state index contributed by atoms with van der Waals surface area (Å²) in [4.78, 5) is 11.1. The minimum absolute atomic E-state index is 0.464. The maximum Gasteiger partial charge on any atom is 0.324 e. The number of hydrogen-bond acceptors (Lipinski definition) is 3. The molecule has 1 amide bonds. The number of amides is 1. The molecule has 1 aliphatic heterocycles. The Morgan fingerprint density at radius 2 is 2.27 bits per heavy atom. The number of carbonyl (C=O) groups is 1. The Kier molecular flexibility index (Phi) is 4.21. The van der Waals surface area contributed by atoms with Gasteiger partial charge in [-0.25, -0.2) is 8.78 Å². The van der Waals surface area contributed by atoms with Gasteiger partial charge in [0.15, 0.2) is 0 Å². The minimum Gasteiger partial charge on any atom is -0.348 e. The summed E-state index contributed by atoms with van der Waals surface area (Å²) < 4.78 is 48.2. The van der Waals surface area contributed by atoms with Crippen LogP contribution in [0.2, 0.25) is 0 Å². The van der Waals surface area contributed by atoms with Crippen LogP contribution in [0.4, 0.5) is 17.6 Å². The molecule has 88 valence electrons. The third-order valence-electron chi connectivity index (χ3n) is 1.85. The lowest BCUT2D eigenvalue weighted by atomic mass is 10.3. The highest BCUT2D eigenvalue weighted by atomic mass is 32.2. The lowest BCUT2D eigenvalue weighted by Crippen LogP contribution is -2.48. The van der Waals surface area contributed by atoms with E-state index >= 15 is 0 Å². The number of alkyl halides is 4. The SMILES string of the molecule is O=C(NCC(F)(F)C(F)F)C1CSCN1. The van der Waals surface area contributed by atoms with Gasteiger partial charge in [0, 0.05) is 11.6 Å². The van der Waals surface area contributed by atoms with Crippen molar-refractivity contribution >= 4 is 17.7 Å². The smallest absolute Gasteiger partial charge is 0.324 e. The van der Waals surface area contributed by atoms with Crippen molar-refractivity contribution in [3.05, 3.63) is 0 Å². The molecule has 0 aromatic carbocycles. The summed E-state index contributed by atoms with van der Waals surface area (Å²) in [5, 5.41) is 4.54. The fourth-order valence-corrected chi connectivity index (χ4v) is 1.91. The molecule has 0 bridgehead atoms. The number of thioether (sulfide) groups is 1. The summed E-state index contributed by atoms with van der Waals surface area (Å²) in [5.74, 6) is -3.81. The molecule has 15 heavy (non-hydrogen) atoms. The van der Waals surface area contributed by atoms with E-state index < -0.39 is 30.8 Å². The summed E-state index contributed by atoms with van der Waals surface area (Å²) >= 11 is 1.44. The van der Waals surface area contributed by atoms with Crippen molar-refractivity contribution in [2.45, 2.75) is 18.4 Å². The molecule has 1 atom stereocenters. The van der Waals surface area contributed by atoms with E-state index in [9.17, 15) is 22.4 Å². The zero-order valence-electron chi connectivity index (χ0n) is 7.60. The lowest BCUT2D eigenvalue weighted by Gasteiger charge is -2.17. The molecule has 0 spiro atoms. The van der Waals surface area contributed by atoms with Gasteiger partial charge in [0.25, 0.3) is 0 Å². The number of halogens is 4. The second kappa shape index (κ2) is 5.02. The number of nitrogens with one attached hydrogen (secondary N) is 2. The van der Waals surface area contributed by atoms with Gasteiger partial charge in [-0.15, -0.1) is 11.8 Å². The third kappa shape index (κ3) is 3.53. The molecule has 8 heteroatoms. The van der Waals surface area contributed by atoms with Gasteiger partial charge in [-0.2, -0.15) is 8.78 Å². The molecule has 0 aliphatic carbocycles. The van der Waals surface area contributed by atoms with Gasteiger partial charge in [-0.3, -0.25) is 10.1 Å². The maximum absolute atomic E-state index is 12.4. The second-order valence-corrected chi connectivity index (χ2v) is 4.08. The predicted octanol–water partition coefficient (Wildman–Crippen LogP) is 0.665. The first-order chi connectivity index (χ1) is 6.93. The zero-order chi connectivity index (χ0) is 11.5. The Morgan fingerprint density at radius 3 is 2.73 bits per heavy atom. The average molecular weight is 246 g/mol. The van der Waals surface area contributed by atoms with Gasteiger partial charge in [0.2, 0.25) is 5.91 Å². The van der Waals surface area contributed by atoms with Gasteiger partial charge in [-0.05, 0) is 0 Å². The molecule has 0 saturated carbocycles. The Morgan fingerprint density at radius 1 is 1.60 bits per heavy atom. The van der Waals surface area contributed by atoms with Crippen LogP contribution in [-0.4, -0.2) is 42.5 Å². The molecule has 3 nitrogen and oxygen atoms in total. The fourth-order valence-electron chi connectivity index (χ4n) is 0.969. The average Bonchev–Trinajstić information content (AvgIpc) is 2.66. The van der Waals surface area contributed by atoms with Crippen LogP contribution in [0.25, 0.3) is 0 Å². The molecule has 1 heterocycles. The Balaban J connectivity index is 2.33. The molecule has 2 N–H and O–H groups in total. The minimum atomic E-state index is -4.17. The molecule has 1 rings (SSSR count). The van der Waals surface area contributed by atoms with Gasteiger partial charge < -0.3 is 5.32 Å². The van der Waals surface area contributed by atoms with Crippen LogP contribution in [0.1, 0.15) is 0 Å². The quantitative estimate of drug-likeness (QED) is 0.716. The molecule has 1 saturated heterocycles. The molecule has 0 aromatic heterocycles. The van der Waals surface area contributed by atoms with Crippen LogP contribution in [0.5, 0.6) is 0 Å². The monoisotopic (exact) mass is 246 g/mol. The predicted molar refractivity (Wildman–Crippen MR) is 48.2 cm³/mol. The third-order valence-corrected chi connectivity index (χ3v) is 2.79. The standard InChI is InChI=1S/C7H10F4N2OS/c8-6(9)7(10,11)2-12-5(14)4-1-15-3-13-4/h4,6,13H,1-3H2,(H,12,14). The van der Waals surface area contributed by atoms with Crippen LogP contribution in [0, 0.1) is 0 Å². The van der Waals surface area contributed by atoms with Gasteiger partial charge in [0.05, 0.1) is 12.6 Å². The van der Waals surface area contributed by atoms with Crippen molar-refractivity contribution in [1.82, 2.24) is 10.6 Å². The summed E-state index contributed by atoms with van der Waals surface area (Å²) in [6.45, 7) is -1.33. The van der Waals surface area contributed by atoms with E-state index in [-0.39, 0.29) is 0 Å². The van der Waals surface area contributed by atoms with E-state index in [0.717, 1.165) is 0 Å².